The molecule has 1 aliphatic heterocycles. The molecule has 1 amide bonds. The van der Waals surface area contributed by atoms with E-state index in [0.717, 1.165) is 5.56 Å². The number of morpholine rings is 1. The van der Waals surface area contributed by atoms with Crippen molar-refractivity contribution in [3.8, 4) is 0 Å². The van der Waals surface area contributed by atoms with Crippen molar-refractivity contribution in [2.45, 2.75) is 13.0 Å². The lowest BCUT2D eigenvalue weighted by atomic mass is 10.1. The Balaban J connectivity index is 2.23. The molecule has 0 spiro atoms. The maximum atomic E-state index is 12.2. The Morgan fingerprint density at radius 3 is 2.88 bits per heavy atom. The van der Waals surface area contributed by atoms with Crippen LogP contribution in [0.3, 0.4) is 0 Å². The summed E-state index contributed by atoms with van der Waals surface area (Å²) >= 11 is 0. The first-order chi connectivity index (χ1) is 8.11. The number of H-pyrrole nitrogens is 1. The molecule has 0 aromatic carbocycles. The summed E-state index contributed by atoms with van der Waals surface area (Å²) < 4.78 is 5.09. The minimum absolute atomic E-state index is 0.0462. The van der Waals surface area contributed by atoms with Crippen molar-refractivity contribution >= 4 is 11.9 Å². The van der Waals surface area contributed by atoms with Gasteiger partial charge in [0.05, 0.1) is 18.8 Å². The zero-order chi connectivity index (χ0) is 12.4. The monoisotopic (exact) mass is 238 g/mol. The average Bonchev–Trinajstić information content (AvgIpc) is 2.74. The highest BCUT2D eigenvalue weighted by Crippen LogP contribution is 2.15. The van der Waals surface area contributed by atoms with Gasteiger partial charge in [-0.25, -0.2) is 4.79 Å². The van der Waals surface area contributed by atoms with Crippen molar-refractivity contribution < 1.29 is 19.4 Å². The molecule has 1 aliphatic rings. The summed E-state index contributed by atoms with van der Waals surface area (Å²) in [6, 6.07) is -0.898. The first-order valence-corrected chi connectivity index (χ1v) is 5.36. The molecule has 0 saturated carbocycles. The van der Waals surface area contributed by atoms with Gasteiger partial charge in [0.25, 0.3) is 5.91 Å². The highest BCUT2D eigenvalue weighted by Gasteiger charge is 2.33. The van der Waals surface area contributed by atoms with E-state index < -0.39 is 12.0 Å². The number of aromatic nitrogens is 1. The lowest BCUT2D eigenvalue weighted by Crippen LogP contribution is -2.52. The van der Waals surface area contributed by atoms with Gasteiger partial charge in [0, 0.05) is 18.9 Å². The number of aromatic amines is 1. The summed E-state index contributed by atoms with van der Waals surface area (Å²) in [6.07, 6.45) is 3.30. The zero-order valence-electron chi connectivity index (χ0n) is 9.47. The Bertz CT molecular complexity index is 440. The second-order valence-corrected chi connectivity index (χ2v) is 3.98. The molecule has 1 aromatic rings. The predicted molar refractivity (Wildman–Crippen MR) is 58.8 cm³/mol. The molecular formula is C11H14N2O4. The van der Waals surface area contributed by atoms with Crippen LogP contribution in [0.4, 0.5) is 0 Å². The SMILES string of the molecule is Cc1c[nH]cc1C(=O)N1CCOCC1C(=O)O. The number of nitrogens with one attached hydrogen (secondary N) is 1. The average molecular weight is 238 g/mol. The minimum atomic E-state index is -1.04. The van der Waals surface area contributed by atoms with Crippen LogP contribution in [-0.2, 0) is 9.53 Å². The van der Waals surface area contributed by atoms with Crippen molar-refractivity contribution in [2.24, 2.45) is 0 Å². The standard InChI is InChI=1S/C11H14N2O4/c1-7-4-12-5-8(7)10(14)13-2-3-17-6-9(13)11(15)16/h4-5,9,12H,2-3,6H2,1H3,(H,15,16). The van der Waals surface area contributed by atoms with Crippen LogP contribution in [0.2, 0.25) is 0 Å². The fraction of sp³-hybridized carbons (Fsp3) is 0.455. The van der Waals surface area contributed by atoms with Crippen LogP contribution in [0, 0.1) is 6.92 Å². The molecule has 2 heterocycles. The van der Waals surface area contributed by atoms with E-state index >= 15 is 0 Å². The van der Waals surface area contributed by atoms with Crippen LogP contribution in [0.15, 0.2) is 12.4 Å². The molecule has 0 bridgehead atoms. The van der Waals surface area contributed by atoms with Gasteiger partial charge < -0.3 is 19.7 Å². The zero-order valence-corrected chi connectivity index (χ0v) is 9.47. The van der Waals surface area contributed by atoms with Gasteiger partial charge in [-0.05, 0) is 12.5 Å². The second-order valence-electron chi connectivity index (χ2n) is 3.98. The highest BCUT2D eigenvalue weighted by molar-refractivity contribution is 5.97. The van der Waals surface area contributed by atoms with Gasteiger partial charge in [0.2, 0.25) is 0 Å². The summed E-state index contributed by atoms with van der Waals surface area (Å²) in [5.74, 6) is -1.30. The summed E-state index contributed by atoms with van der Waals surface area (Å²) in [6.45, 7) is 2.53. The second kappa shape index (κ2) is 4.58. The van der Waals surface area contributed by atoms with Crippen LogP contribution < -0.4 is 0 Å². The van der Waals surface area contributed by atoms with Gasteiger partial charge in [0.15, 0.2) is 6.04 Å². The molecule has 1 unspecified atom stereocenters. The molecule has 92 valence electrons. The summed E-state index contributed by atoms with van der Waals surface area (Å²) in [4.78, 5) is 27.4. The van der Waals surface area contributed by atoms with E-state index in [1.54, 1.807) is 19.3 Å². The number of aliphatic carboxylic acids is 1. The number of carboxylic acid groups (broad SMARTS) is 1. The number of hydrogen-bond acceptors (Lipinski definition) is 3. The van der Waals surface area contributed by atoms with Crippen molar-refractivity contribution in [3.05, 3.63) is 23.5 Å². The van der Waals surface area contributed by atoms with Crippen LogP contribution >= 0.6 is 0 Å². The molecule has 1 aromatic heterocycles. The smallest absolute Gasteiger partial charge is 0.328 e. The van der Waals surface area contributed by atoms with E-state index in [2.05, 4.69) is 4.98 Å². The van der Waals surface area contributed by atoms with Crippen LogP contribution in [-0.4, -0.2) is 52.7 Å². The molecule has 1 atom stereocenters. The molecule has 2 rings (SSSR count). The Morgan fingerprint density at radius 2 is 2.29 bits per heavy atom. The van der Waals surface area contributed by atoms with Crippen LogP contribution in [0.1, 0.15) is 15.9 Å². The topological polar surface area (TPSA) is 82.6 Å². The highest BCUT2D eigenvalue weighted by atomic mass is 16.5. The van der Waals surface area contributed by atoms with E-state index in [1.165, 1.54) is 4.90 Å². The molecule has 1 fully saturated rings. The van der Waals surface area contributed by atoms with Gasteiger partial charge in [-0.2, -0.15) is 0 Å². The number of carbonyl (C=O) groups is 2. The number of amides is 1. The van der Waals surface area contributed by atoms with Gasteiger partial charge in [-0.3, -0.25) is 4.79 Å². The van der Waals surface area contributed by atoms with Crippen molar-refractivity contribution in [3.63, 3.8) is 0 Å². The fourth-order valence-electron chi connectivity index (χ4n) is 1.88. The minimum Gasteiger partial charge on any atom is -0.480 e. The van der Waals surface area contributed by atoms with Crippen molar-refractivity contribution in [1.29, 1.82) is 0 Å². The van der Waals surface area contributed by atoms with Crippen LogP contribution in [0.25, 0.3) is 0 Å². The summed E-state index contributed by atoms with van der Waals surface area (Å²) in [7, 11) is 0. The molecule has 0 aliphatic carbocycles. The number of aryl methyl sites for hydroxylation is 1. The Labute approximate surface area is 98.2 Å². The largest absolute Gasteiger partial charge is 0.480 e. The molecule has 1 saturated heterocycles. The predicted octanol–water partition coefficient (Wildman–Crippen LogP) is 0.249. The number of hydrogen-bond donors (Lipinski definition) is 2. The maximum absolute atomic E-state index is 12.2. The number of carboxylic acids is 1. The third-order valence-electron chi connectivity index (χ3n) is 2.86. The Morgan fingerprint density at radius 1 is 1.53 bits per heavy atom. The van der Waals surface area contributed by atoms with Gasteiger partial charge in [-0.1, -0.05) is 0 Å². The fourth-order valence-corrected chi connectivity index (χ4v) is 1.88. The van der Waals surface area contributed by atoms with E-state index in [1.807, 2.05) is 0 Å². The third kappa shape index (κ3) is 2.16. The van der Waals surface area contributed by atoms with E-state index in [9.17, 15) is 9.59 Å². The molecular weight excluding hydrogens is 224 g/mol. The quantitative estimate of drug-likeness (QED) is 0.773. The lowest BCUT2D eigenvalue weighted by Gasteiger charge is -2.32. The first-order valence-electron chi connectivity index (χ1n) is 5.36. The molecule has 0 radical (unpaired) electrons. The molecule has 6 nitrogen and oxygen atoms in total. The van der Waals surface area contributed by atoms with E-state index in [4.69, 9.17) is 9.84 Å². The normalized spacial score (nSPS) is 20.3. The van der Waals surface area contributed by atoms with E-state index in [-0.39, 0.29) is 12.5 Å². The first kappa shape index (κ1) is 11.7. The Kier molecular flexibility index (Phi) is 3.14. The van der Waals surface area contributed by atoms with Gasteiger partial charge >= 0.3 is 5.97 Å². The molecule has 17 heavy (non-hydrogen) atoms. The third-order valence-corrected chi connectivity index (χ3v) is 2.86. The van der Waals surface area contributed by atoms with Crippen LogP contribution in [0.5, 0.6) is 0 Å². The van der Waals surface area contributed by atoms with Crippen molar-refractivity contribution in [1.82, 2.24) is 9.88 Å². The number of rotatable bonds is 2. The maximum Gasteiger partial charge on any atom is 0.328 e. The van der Waals surface area contributed by atoms with Gasteiger partial charge in [-0.15, -0.1) is 0 Å². The Hall–Kier alpha value is -1.82. The van der Waals surface area contributed by atoms with Gasteiger partial charge in [0.1, 0.15) is 0 Å². The van der Waals surface area contributed by atoms with E-state index in [0.29, 0.717) is 18.7 Å². The number of ether oxygens (including phenoxy) is 1. The number of carbonyl (C=O) groups excluding carboxylic acids is 1. The molecule has 2 N–H and O–H groups in total. The lowest BCUT2D eigenvalue weighted by molar-refractivity contribution is -0.147. The summed E-state index contributed by atoms with van der Waals surface area (Å²) in [5.41, 5.74) is 1.32. The molecule has 6 heteroatoms. The van der Waals surface area contributed by atoms with Crippen molar-refractivity contribution in [2.75, 3.05) is 19.8 Å². The summed E-state index contributed by atoms with van der Waals surface area (Å²) in [5, 5.41) is 9.04. The number of nitrogens with zero attached hydrogens (tertiary/aromatic N) is 1.